The fraction of sp³-hybridized carbons (Fsp3) is 0.737. The first-order valence-corrected chi connectivity index (χ1v) is 9.44. The molecule has 136 valence electrons. The molecule has 0 spiro atoms. The van der Waals surface area contributed by atoms with Crippen LogP contribution in [0.15, 0.2) is 23.8 Å². The molecular weight excluding hydrogens is 322 g/mol. The number of allylic oxidation sites excluding steroid dienone is 4. The fourth-order valence-electron chi connectivity index (χ4n) is 3.96. The highest BCUT2D eigenvalue weighted by atomic mass is 35.5. The minimum absolute atomic E-state index is 0.0491. The van der Waals surface area contributed by atoms with Gasteiger partial charge in [-0.25, -0.2) is 0 Å². The number of rotatable bonds is 5. The third-order valence-corrected chi connectivity index (χ3v) is 5.61. The quantitative estimate of drug-likeness (QED) is 0.590. The summed E-state index contributed by atoms with van der Waals surface area (Å²) in [4.78, 5) is 14.9. The maximum atomic E-state index is 12.9. The van der Waals surface area contributed by atoms with Gasteiger partial charge in [-0.2, -0.15) is 0 Å². The van der Waals surface area contributed by atoms with Gasteiger partial charge in [0, 0.05) is 19.8 Å². The van der Waals surface area contributed by atoms with E-state index >= 15 is 0 Å². The van der Waals surface area contributed by atoms with Crippen LogP contribution >= 0.6 is 11.6 Å². The van der Waals surface area contributed by atoms with Gasteiger partial charge in [0.15, 0.2) is 0 Å². The van der Waals surface area contributed by atoms with E-state index in [9.17, 15) is 4.79 Å². The van der Waals surface area contributed by atoms with Crippen molar-refractivity contribution in [2.45, 2.75) is 52.0 Å². The number of nitrogens with one attached hydrogen (secondary N) is 1. The maximum Gasteiger partial charge on any atom is 0.240 e. The summed E-state index contributed by atoms with van der Waals surface area (Å²) in [6.45, 7) is 10.6. The summed E-state index contributed by atoms with van der Waals surface area (Å²) in [5.74, 6) is 0.879. The van der Waals surface area contributed by atoms with E-state index < -0.39 is 0 Å². The van der Waals surface area contributed by atoms with E-state index in [4.69, 9.17) is 17.3 Å². The van der Waals surface area contributed by atoms with Crippen molar-refractivity contribution in [2.24, 2.45) is 23.0 Å². The average molecular weight is 354 g/mol. The molecule has 0 saturated carbocycles. The molecule has 0 aromatic carbocycles. The Kier molecular flexibility index (Phi) is 6.52. The number of halogens is 1. The average Bonchev–Trinajstić information content (AvgIpc) is 2.52. The van der Waals surface area contributed by atoms with Crippen LogP contribution in [0.2, 0.25) is 0 Å². The largest absolute Gasteiger partial charge is 0.341 e. The van der Waals surface area contributed by atoms with Crippen LogP contribution in [0.25, 0.3) is 0 Å². The van der Waals surface area contributed by atoms with Gasteiger partial charge in [0.1, 0.15) is 0 Å². The molecule has 1 saturated heterocycles. The molecule has 0 aromatic heterocycles. The van der Waals surface area contributed by atoms with Crippen molar-refractivity contribution in [3.63, 3.8) is 0 Å². The number of piperidine rings is 1. The van der Waals surface area contributed by atoms with Crippen LogP contribution in [0.4, 0.5) is 0 Å². The van der Waals surface area contributed by atoms with Crippen LogP contribution < -0.4 is 11.1 Å². The number of hydrogen-bond acceptors (Lipinski definition) is 3. The summed E-state index contributed by atoms with van der Waals surface area (Å²) in [6.07, 6.45) is 8.44. The normalized spacial score (nSPS) is 28.0. The van der Waals surface area contributed by atoms with Gasteiger partial charge in [0.2, 0.25) is 5.91 Å². The molecule has 0 radical (unpaired) electrons. The molecule has 0 aromatic rings. The van der Waals surface area contributed by atoms with Gasteiger partial charge in [0.05, 0.1) is 11.4 Å². The molecule has 1 fully saturated rings. The lowest BCUT2D eigenvalue weighted by Crippen LogP contribution is -2.56. The van der Waals surface area contributed by atoms with Crippen LogP contribution in [0.1, 0.15) is 40.5 Å². The number of carbonyl (C=O) groups excluding carboxylic acids is 1. The molecule has 4 nitrogen and oxygen atoms in total. The summed E-state index contributed by atoms with van der Waals surface area (Å²) in [6, 6.07) is -0.201. The molecule has 24 heavy (non-hydrogen) atoms. The summed E-state index contributed by atoms with van der Waals surface area (Å²) < 4.78 is 0. The first-order valence-electron chi connectivity index (χ1n) is 9.01. The molecule has 1 amide bonds. The maximum absolute atomic E-state index is 12.9. The second-order valence-corrected chi connectivity index (χ2v) is 8.60. The Morgan fingerprint density at radius 1 is 1.50 bits per heavy atom. The minimum atomic E-state index is -0.201. The van der Waals surface area contributed by atoms with E-state index in [-0.39, 0.29) is 28.7 Å². The Balaban J connectivity index is 2.07. The van der Waals surface area contributed by atoms with Crippen LogP contribution in [0, 0.1) is 17.3 Å². The van der Waals surface area contributed by atoms with Gasteiger partial charge >= 0.3 is 0 Å². The predicted molar refractivity (Wildman–Crippen MR) is 101 cm³/mol. The SMILES string of the molecule is CC(C)[C@@H](NCN)C(=O)N1CCC(C2=CCC(Cl)C=C2)C(C)(C)C1. The van der Waals surface area contributed by atoms with Crippen LogP contribution in [0.5, 0.6) is 0 Å². The van der Waals surface area contributed by atoms with Crippen molar-refractivity contribution >= 4 is 17.5 Å². The number of likely N-dealkylation sites (tertiary alicyclic amines) is 1. The molecule has 1 heterocycles. The number of nitrogens with zero attached hydrogens (tertiary/aromatic N) is 1. The Labute approximate surface area is 151 Å². The summed E-state index contributed by atoms with van der Waals surface area (Å²) >= 11 is 6.15. The third kappa shape index (κ3) is 4.41. The Hall–Kier alpha value is -0.840. The van der Waals surface area contributed by atoms with E-state index in [1.165, 1.54) is 5.57 Å². The Morgan fingerprint density at radius 3 is 2.71 bits per heavy atom. The second kappa shape index (κ2) is 8.03. The number of hydrogen-bond donors (Lipinski definition) is 2. The van der Waals surface area contributed by atoms with E-state index in [0.29, 0.717) is 12.6 Å². The lowest BCUT2D eigenvalue weighted by atomic mass is 9.69. The molecule has 3 atom stereocenters. The fourth-order valence-corrected chi connectivity index (χ4v) is 4.13. The second-order valence-electron chi connectivity index (χ2n) is 8.03. The van der Waals surface area contributed by atoms with Gasteiger partial charge in [0.25, 0.3) is 0 Å². The zero-order chi connectivity index (χ0) is 17.9. The van der Waals surface area contributed by atoms with Crippen LogP contribution in [0.3, 0.4) is 0 Å². The van der Waals surface area contributed by atoms with Gasteiger partial charge in [-0.05, 0) is 35.7 Å². The molecule has 1 aliphatic heterocycles. The topological polar surface area (TPSA) is 58.4 Å². The highest BCUT2D eigenvalue weighted by Crippen LogP contribution is 2.41. The van der Waals surface area contributed by atoms with E-state index in [0.717, 1.165) is 25.9 Å². The van der Waals surface area contributed by atoms with Crippen LogP contribution in [-0.2, 0) is 4.79 Å². The van der Waals surface area contributed by atoms with Crippen molar-refractivity contribution in [3.05, 3.63) is 23.8 Å². The van der Waals surface area contributed by atoms with Crippen molar-refractivity contribution in [1.29, 1.82) is 0 Å². The number of amides is 1. The standard InChI is InChI=1S/C19H32ClN3O/c1-13(2)17(22-12-21)18(24)23-10-9-16(19(3,4)11-23)14-5-7-15(20)8-6-14/h5-7,13,15-17,22H,8-12,21H2,1-4H3/t15?,16?,17-/m1/s1. The first kappa shape index (κ1) is 19.5. The van der Waals surface area contributed by atoms with Gasteiger partial charge in [-0.3, -0.25) is 10.1 Å². The van der Waals surface area contributed by atoms with Crippen LogP contribution in [-0.4, -0.2) is 42.0 Å². The van der Waals surface area contributed by atoms with Crippen molar-refractivity contribution < 1.29 is 4.79 Å². The smallest absolute Gasteiger partial charge is 0.240 e. The molecule has 1 aliphatic carbocycles. The Morgan fingerprint density at radius 2 is 2.21 bits per heavy atom. The highest BCUT2D eigenvalue weighted by molar-refractivity contribution is 6.22. The van der Waals surface area contributed by atoms with E-state index in [1.54, 1.807) is 0 Å². The zero-order valence-electron chi connectivity index (χ0n) is 15.4. The van der Waals surface area contributed by atoms with Crippen molar-refractivity contribution in [2.75, 3.05) is 19.8 Å². The van der Waals surface area contributed by atoms with Crippen molar-refractivity contribution in [1.82, 2.24) is 10.2 Å². The monoisotopic (exact) mass is 353 g/mol. The molecule has 0 bridgehead atoms. The molecule has 2 rings (SSSR count). The Bertz CT molecular complexity index is 513. The highest BCUT2D eigenvalue weighted by Gasteiger charge is 2.40. The third-order valence-electron chi connectivity index (χ3n) is 5.29. The summed E-state index contributed by atoms with van der Waals surface area (Å²) in [7, 11) is 0. The molecule has 5 heteroatoms. The number of alkyl halides is 1. The molecule has 3 N–H and O–H groups in total. The summed E-state index contributed by atoms with van der Waals surface area (Å²) in [5.41, 5.74) is 7.04. The molecule has 2 aliphatic rings. The first-order chi connectivity index (χ1) is 11.3. The molecule has 2 unspecified atom stereocenters. The van der Waals surface area contributed by atoms with Gasteiger partial charge in [-0.15, -0.1) is 11.6 Å². The summed E-state index contributed by atoms with van der Waals surface area (Å²) in [5, 5.41) is 3.25. The molecular formula is C19H32ClN3O. The van der Waals surface area contributed by atoms with Gasteiger partial charge < -0.3 is 10.6 Å². The lowest BCUT2D eigenvalue weighted by Gasteiger charge is -2.46. The van der Waals surface area contributed by atoms with E-state index in [2.05, 4.69) is 51.2 Å². The number of nitrogens with two attached hydrogens (primary N) is 1. The van der Waals surface area contributed by atoms with Gasteiger partial charge in [-0.1, -0.05) is 45.9 Å². The number of carbonyl (C=O) groups is 1. The van der Waals surface area contributed by atoms with Crippen molar-refractivity contribution in [3.8, 4) is 0 Å². The minimum Gasteiger partial charge on any atom is -0.341 e. The zero-order valence-corrected chi connectivity index (χ0v) is 16.1. The predicted octanol–water partition coefficient (Wildman–Crippen LogP) is 2.89. The van der Waals surface area contributed by atoms with E-state index in [1.807, 2.05) is 4.90 Å². The lowest BCUT2D eigenvalue weighted by molar-refractivity contribution is -0.138.